The van der Waals surface area contributed by atoms with E-state index >= 15 is 0 Å². The van der Waals surface area contributed by atoms with Crippen molar-refractivity contribution in [1.29, 1.82) is 0 Å². The Labute approximate surface area is 286 Å². The van der Waals surface area contributed by atoms with Gasteiger partial charge >= 0.3 is 18.2 Å². The lowest BCUT2D eigenvalue weighted by molar-refractivity contribution is -0.188. The molecule has 4 atom stereocenters. The van der Waals surface area contributed by atoms with E-state index in [0.29, 0.717) is 13.0 Å². The molecule has 3 N–H and O–H groups in total. The minimum absolute atomic E-state index is 0.0531. The van der Waals surface area contributed by atoms with Gasteiger partial charge in [0.05, 0.1) is 19.1 Å². The van der Waals surface area contributed by atoms with Gasteiger partial charge in [0.1, 0.15) is 29.5 Å². The van der Waals surface area contributed by atoms with Crippen molar-refractivity contribution in [2.24, 2.45) is 4.99 Å². The van der Waals surface area contributed by atoms with E-state index in [2.05, 4.69) is 20.6 Å². The smallest absolute Gasteiger partial charge is 0.437 e. The molecule has 0 aliphatic carbocycles. The lowest BCUT2D eigenvalue weighted by Crippen LogP contribution is -2.49. The molecule has 3 saturated heterocycles. The van der Waals surface area contributed by atoms with Crippen LogP contribution in [-0.2, 0) is 34.9 Å². The minimum atomic E-state index is -0.979. The summed E-state index contributed by atoms with van der Waals surface area (Å²) in [6, 6.07) is 7.50. The number of fused-ring (bicyclic) bond motifs is 2. The third-order valence-corrected chi connectivity index (χ3v) is 7.98. The number of urea groups is 1. The summed E-state index contributed by atoms with van der Waals surface area (Å²) in [7, 11) is 0. The van der Waals surface area contributed by atoms with Crippen LogP contribution in [0.15, 0.2) is 35.5 Å². The second kappa shape index (κ2) is 14.0. The van der Waals surface area contributed by atoms with Crippen LogP contribution in [0.1, 0.15) is 67.4 Å². The summed E-state index contributed by atoms with van der Waals surface area (Å²) < 4.78 is 29.3. The largest absolute Gasteiger partial charge is 0.444 e. The molecule has 0 spiro atoms. The summed E-state index contributed by atoms with van der Waals surface area (Å²) in [6.45, 7) is 14.6. The molecule has 2 aromatic rings. The van der Waals surface area contributed by atoms with Gasteiger partial charge in [0.2, 0.25) is 11.9 Å². The molecule has 5 amide bonds. The molecule has 1 aromatic carbocycles. The van der Waals surface area contributed by atoms with Crippen molar-refractivity contribution >= 4 is 41.0 Å². The van der Waals surface area contributed by atoms with E-state index in [9.17, 15) is 19.2 Å². The molecule has 0 radical (unpaired) electrons. The summed E-state index contributed by atoms with van der Waals surface area (Å²) in [5.74, 6) is -1.41. The molecule has 3 aliphatic rings. The van der Waals surface area contributed by atoms with E-state index in [0.717, 1.165) is 16.5 Å². The summed E-state index contributed by atoms with van der Waals surface area (Å²) >= 11 is 0. The highest BCUT2D eigenvalue weighted by molar-refractivity contribution is 6.06. The number of aliphatic imine (C=N–C) groups is 1. The first-order chi connectivity index (χ1) is 22.9. The van der Waals surface area contributed by atoms with Crippen LogP contribution in [0.3, 0.4) is 0 Å². The molecule has 49 heavy (non-hydrogen) atoms. The van der Waals surface area contributed by atoms with Crippen LogP contribution in [0, 0.1) is 0 Å². The molecule has 15 heteroatoms. The number of alkyl carbamates (subject to hydrolysis) is 1. The van der Waals surface area contributed by atoms with Crippen LogP contribution in [0.2, 0.25) is 0 Å². The molecular weight excluding hydrogens is 636 g/mol. The second-order valence-electron chi connectivity index (χ2n) is 14.9. The fourth-order valence-electron chi connectivity index (χ4n) is 6.10. The number of aromatic nitrogens is 1. The van der Waals surface area contributed by atoms with Crippen LogP contribution in [-0.4, -0.2) is 112 Å². The fraction of sp³-hybridized carbons (Fsp3) is 0.618. The molecule has 3 fully saturated rings. The highest BCUT2D eigenvalue weighted by atomic mass is 16.8. The van der Waals surface area contributed by atoms with Crippen molar-refractivity contribution in [1.82, 2.24) is 25.4 Å². The number of H-pyrrole nitrogens is 1. The third-order valence-electron chi connectivity index (χ3n) is 7.98. The van der Waals surface area contributed by atoms with Crippen molar-refractivity contribution in [2.75, 3.05) is 26.2 Å². The highest BCUT2D eigenvalue weighted by Gasteiger charge is 2.56. The van der Waals surface area contributed by atoms with Crippen molar-refractivity contribution in [3.05, 3.63) is 36.0 Å². The standard InChI is InChI=1S/C34H48N6O9/c1-32(2,3)48-29(42)37-28(38-30(43)49-33(4,5)6)40-16-15-39(31(40)44)19-24-27-26(46-34(7,8)47-27)23(45-24)17-25(41)35-14-13-20-18-36-22-12-10-9-11-21(20)22/h9-12,18,23-24,26-27,36H,13-17,19H2,1-8H3,(H,35,41)(H,37,38,42,43)/t23-,24+,26+,27-/m1/s1. The van der Waals surface area contributed by atoms with Crippen molar-refractivity contribution < 1.29 is 42.9 Å². The summed E-state index contributed by atoms with van der Waals surface area (Å²) in [6.07, 6.45) is -1.45. The number of aromatic amines is 1. The quantitative estimate of drug-likeness (QED) is 0.287. The molecule has 0 unspecified atom stereocenters. The Morgan fingerprint density at radius 1 is 1.00 bits per heavy atom. The number of benzene rings is 1. The first kappa shape index (κ1) is 36.1. The van der Waals surface area contributed by atoms with Gasteiger partial charge in [-0.15, -0.1) is 4.99 Å². The molecular formula is C34H48N6O9. The van der Waals surface area contributed by atoms with E-state index in [1.165, 1.54) is 9.80 Å². The number of carbonyl (C=O) groups is 4. The van der Waals surface area contributed by atoms with E-state index in [-0.39, 0.29) is 37.9 Å². The number of hydrogen-bond acceptors (Lipinski definition) is 9. The molecule has 15 nitrogen and oxygen atoms in total. The SMILES string of the molecule is CC(C)(C)OC(=O)/N=C(/NC(=O)OC(C)(C)C)N1CCN(C[C@@H]2O[C@H](CC(=O)NCCc3c[nH]c4ccccc34)[C@@H]3OC(C)(C)O[C@@H]32)C1=O. The Hall–Kier alpha value is -4.21. The average molecular weight is 685 g/mol. The molecule has 0 saturated carbocycles. The summed E-state index contributed by atoms with van der Waals surface area (Å²) in [5, 5.41) is 6.55. The van der Waals surface area contributed by atoms with E-state index < -0.39 is 59.6 Å². The Kier molecular flexibility index (Phi) is 10.3. The van der Waals surface area contributed by atoms with E-state index in [4.69, 9.17) is 23.7 Å². The topological polar surface area (TPSA) is 173 Å². The number of guanidine groups is 1. The predicted molar refractivity (Wildman–Crippen MR) is 179 cm³/mol. The van der Waals surface area contributed by atoms with Gasteiger partial charge in [-0.25, -0.2) is 14.4 Å². The van der Waals surface area contributed by atoms with Gasteiger partial charge in [0, 0.05) is 36.7 Å². The van der Waals surface area contributed by atoms with Crippen LogP contribution in [0.25, 0.3) is 10.9 Å². The van der Waals surface area contributed by atoms with Crippen molar-refractivity contribution in [3.63, 3.8) is 0 Å². The number of nitrogens with one attached hydrogen (secondary N) is 3. The van der Waals surface area contributed by atoms with Gasteiger partial charge in [0.15, 0.2) is 5.79 Å². The maximum atomic E-state index is 13.7. The van der Waals surface area contributed by atoms with Crippen LogP contribution >= 0.6 is 0 Å². The molecule has 3 aliphatic heterocycles. The maximum Gasteiger partial charge on any atom is 0.437 e. The summed E-state index contributed by atoms with van der Waals surface area (Å²) in [5.41, 5.74) is 0.482. The maximum absolute atomic E-state index is 13.7. The predicted octanol–water partition coefficient (Wildman–Crippen LogP) is 4.06. The zero-order valence-corrected chi connectivity index (χ0v) is 29.5. The van der Waals surface area contributed by atoms with Gasteiger partial charge < -0.3 is 38.9 Å². The number of rotatable bonds is 7. The first-order valence-electron chi connectivity index (χ1n) is 16.6. The molecule has 1 aromatic heterocycles. The molecule has 4 heterocycles. The Morgan fingerprint density at radius 3 is 2.37 bits per heavy atom. The fourth-order valence-corrected chi connectivity index (χ4v) is 6.10. The second-order valence-corrected chi connectivity index (χ2v) is 14.9. The van der Waals surface area contributed by atoms with Gasteiger partial charge in [0.25, 0.3) is 0 Å². The van der Waals surface area contributed by atoms with E-state index in [1.54, 1.807) is 55.4 Å². The number of hydrogen-bond donors (Lipinski definition) is 3. The van der Waals surface area contributed by atoms with Crippen molar-refractivity contribution in [2.45, 2.75) is 110 Å². The Morgan fingerprint density at radius 2 is 1.67 bits per heavy atom. The van der Waals surface area contributed by atoms with Crippen molar-refractivity contribution in [3.8, 4) is 0 Å². The minimum Gasteiger partial charge on any atom is -0.444 e. The average Bonchev–Trinajstić information content (AvgIpc) is 3.70. The zero-order valence-electron chi connectivity index (χ0n) is 29.5. The monoisotopic (exact) mass is 684 g/mol. The number of amides is 5. The van der Waals surface area contributed by atoms with Crippen LogP contribution in [0.5, 0.6) is 0 Å². The van der Waals surface area contributed by atoms with Gasteiger partial charge in [-0.3, -0.25) is 15.0 Å². The van der Waals surface area contributed by atoms with Crippen LogP contribution in [0.4, 0.5) is 14.4 Å². The zero-order chi connectivity index (χ0) is 35.7. The van der Waals surface area contributed by atoms with Gasteiger partial charge in [-0.1, -0.05) is 18.2 Å². The first-order valence-corrected chi connectivity index (χ1v) is 16.6. The normalized spacial score (nSPS) is 23.9. The molecule has 0 bridgehead atoms. The third kappa shape index (κ3) is 9.28. The molecule has 5 rings (SSSR count). The Bertz CT molecular complexity index is 1590. The number of carbonyl (C=O) groups excluding carboxylic acids is 4. The lowest BCUT2D eigenvalue weighted by atomic mass is 10.0. The summed E-state index contributed by atoms with van der Waals surface area (Å²) in [4.78, 5) is 61.8. The number of para-hydroxylation sites is 1. The van der Waals surface area contributed by atoms with E-state index in [1.807, 2.05) is 30.5 Å². The van der Waals surface area contributed by atoms with Gasteiger partial charge in [-0.2, -0.15) is 0 Å². The lowest BCUT2D eigenvalue weighted by Gasteiger charge is -2.27. The number of ether oxygens (including phenoxy) is 5. The Balaban J connectivity index is 1.22. The molecule has 268 valence electrons. The highest BCUT2D eigenvalue weighted by Crippen LogP contribution is 2.40. The van der Waals surface area contributed by atoms with Crippen LogP contribution < -0.4 is 10.6 Å². The van der Waals surface area contributed by atoms with Gasteiger partial charge in [-0.05, 0) is 73.4 Å². The number of nitrogens with zero attached hydrogens (tertiary/aromatic N) is 3.